The van der Waals surface area contributed by atoms with Crippen molar-refractivity contribution in [2.24, 2.45) is 0 Å². The minimum absolute atomic E-state index is 0.107. The molecule has 0 saturated carbocycles. The number of fused-ring (bicyclic) bond motifs is 3. The molecule has 0 amide bonds. The van der Waals surface area contributed by atoms with Gasteiger partial charge in [-0.3, -0.25) is 0 Å². The van der Waals surface area contributed by atoms with E-state index in [1.807, 2.05) is 60.7 Å². The Morgan fingerprint density at radius 3 is 2.00 bits per heavy atom. The molecule has 208 valence electrons. The average molecular weight is 576 g/mol. The predicted octanol–water partition coefficient (Wildman–Crippen LogP) is 11.6. The molecule has 0 saturated heterocycles. The Labute approximate surface area is 276 Å². The lowest BCUT2D eigenvalue weighted by Gasteiger charge is -2.28. The van der Waals surface area contributed by atoms with Gasteiger partial charge in [-0.1, -0.05) is 121 Å². The zero-order valence-corrected chi connectivity index (χ0v) is 23.2. The smallest absolute Gasteiger partial charge is 0.0651 e. The van der Waals surface area contributed by atoms with Crippen LogP contribution in [-0.4, -0.2) is 4.57 Å². The van der Waals surface area contributed by atoms with Gasteiger partial charge < -0.3 is 9.47 Å². The molecule has 0 aliphatic carbocycles. The number of hydrogen-bond donors (Lipinski definition) is 0. The monoisotopic (exact) mass is 575 g/mol. The minimum atomic E-state index is -0.774. The number of aromatic nitrogens is 1. The SMILES string of the molecule is [2H]c1c([2H])c([2H])c(N(c2c([2H])c([2H])c([2H])c(-c3ccc4c(c3)c3ccccc3n4-c3ccccc3)c2[2H])c2c([2H])c([2H])c([2H])c([2H])c2-c2ccccc2)c([2H])c1[2H]. The van der Waals surface area contributed by atoms with E-state index in [0.29, 0.717) is 5.56 Å². The topological polar surface area (TPSA) is 8.17 Å². The molecule has 2 heteroatoms. The van der Waals surface area contributed by atoms with Crippen LogP contribution in [0.1, 0.15) is 17.8 Å². The van der Waals surface area contributed by atoms with Crippen LogP contribution in [0.2, 0.25) is 0 Å². The molecular weight excluding hydrogens is 532 g/mol. The van der Waals surface area contributed by atoms with Crippen molar-refractivity contribution < 1.29 is 17.8 Å². The van der Waals surface area contributed by atoms with Crippen molar-refractivity contribution in [2.75, 3.05) is 4.90 Å². The van der Waals surface area contributed by atoms with Crippen LogP contribution in [0.25, 0.3) is 49.7 Å². The molecule has 0 unspecified atom stereocenters. The summed E-state index contributed by atoms with van der Waals surface area (Å²) in [7, 11) is 0. The van der Waals surface area contributed by atoms with Gasteiger partial charge in [-0.2, -0.15) is 0 Å². The van der Waals surface area contributed by atoms with Crippen LogP contribution in [0, 0.1) is 0 Å². The van der Waals surface area contributed by atoms with Gasteiger partial charge >= 0.3 is 0 Å². The number of nitrogens with zero attached hydrogens (tertiary/aromatic N) is 2. The lowest BCUT2D eigenvalue weighted by atomic mass is 10.00. The average Bonchev–Trinajstić information content (AvgIpc) is 3.56. The molecule has 0 fully saturated rings. The van der Waals surface area contributed by atoms with Gasteiger partial charge in [-0.05, 0) is 77.2 Å². The predicted molar refractivity (Wildman–Crippen MR) is 186 cm³/mol. The Morgan fingerprint density at radius 2 is 1.16 bits per heavy atom. The van der Waals surface area contributed by atoms with Gasteiger partial charge in [0.25, 0.3) is 0 Å². The van der Waals surface area contributed by atoms with Crippen LogP contribution >= 0.6 is 0 Å². The molecule has 0 N–H and O–H groups in total. The van der Waals surface area contributed by atoms with E-state index in [1.54, 1.807) is 42.5 Å². The maximum absolute atomic E-state index is 9.77. The van der Waals surface area contributed by atoms with E-state index in [-0.39, 0.29) is 16.7 Å². The van der Waals surface area contributed by atoms with Crippen LogP contribution in [-0.2, 0) is 0 Å². The first-order chi connectivity index (χ1) is 27.3. The van der Waals surface area contributed by atoms with E-state index in [0.717, 1.165) is 32.4 Å². The van der Waals surface area contributed by atoms with Crippen molar-refractivity contribution in [3.05, 3.63) is 182 Å². The normalized spacial score (nSPS) is 15.3. The number of para-hydroxylation sites is 4. The molecule has 2 nitrogen and oxygen atoms in total. The van der Waals surface area contributed by atoms with Gasteiger partial charge in [0.2, 0.25) is 0 Å². The van der Waals surface area contributed by atoms with E-state index < -0.39 is 95.6 Å². The van der Waals surface area contributed by atoms with Crippen molar-refractivity contribution in [3.8, 4) is 27.9 Å². The van der Waals surface area contributed by atoms with E-state index in [1.165, 1.54) is 0 Å². The molecule has 0 aliphatic heterocycles. The van der Waals surface area contributed by atoms with Gasteiger partial charge in [0, 0.05) is 33.4 Å². The molecule has 1 aromatic heterocycles. The summed E-state index contributed by atoms with van der Waals surface area (Å²) in [6.07, 6.45) is 0. The Bertz CT molecular complexity index is 2920. The minimum Gasteiger partial charge on any atom is -0.310 e. The van der Waals surface area contributed by atoms with Crippen LogP contribution in [0.3, 0.4) is 0 Å². The first kappa shape index (κ1) is 15.6. The summed E-state index contributed by atoms with van der Waals surface area (Å²) < 4.78 is 118. The van der Waals surface area contributed by atoms with Crippen molar-refractivity contribution >= 4 is 38.9 Å². The van der Waals surface area contributed by atoms with Crippen LogP contribution in [0.4, 0.5) is 17.1 Å². The first-order valence-corrected chi connectivity index (χ1v) is 14.0. The molecular formula is C42H30N2. The van der Waals surface area contributed by atoms with Crippen molar-refractivity contribution in [3.63, 3.8) is 0 Å². The molecule has 0 bridgehead atoms. The Morgan fingerprint density at radius 1 is 0.477 bits per heavy atom. The Balaban J connectivity index is 1.51. The fourth-order valence-corrected chi connectivity index (χ4v) is 5.55. The molecule has 0 atom stereocenters. The van der Waals surface area contributed by atoms with Crippen LogP contribution in [0.5, 0.6) is 0 Å². The molecule has 8 aromatic rings. The molecule has 0 aliphatic rings. The Hall–Kier alpha value is -5.86. The lowest BCUT2D eigenvalue weighted by molar-refractivity contribution is 1.18. The zero-order valence-electron chi connectivity index (χ0n) is 36.2. The molecule has 7 aromatic carbocycles. The molecule has 0 radical (unpaired) electrons. The summed E-state index contributed by atoms with van der Waals surface area (Å²) in [6.45, 7) is 0. The van der Waals surface area contributed by atoms with Gasteiger partial charge in [0.1, 0.15) is 0 Å². The highest BCUT2D eigenvalue weighted by atomic mass is 15.1. The highest BCUT2D eigenvalue weighted by molar-refractivity contribution is 6.10. The summed E-state index contributed by atoms with van der Waals surface area (Å²) in [5, 5.41) is 1.63. The maximum atomic E-state index is 9.77. The lowest BCUT2D eigenvalue weighted by Crippen LogP contribution is -2.11. The molecule has 8 rings (SSSR count). The van der Waals surface area contributed by atoms with Gasteiger partial charge in [0.15, 0.2) is 0 Å². The van der Waals surface area contributed by atoms with E-state index in [4.69, 9.17) is 13.7 Å². The molecule has 0 spiro atoms. The number of rotatable bonds is 6. The van der Waals surface area contributed by atoms with E-state index in [2.05, 4.69) is 4.57 Å². The van der Waals surface area contributed by atoms with Gasteiger partial charge in [-0.25, -0.2) is 0 Å². The third-order valence-corrected chi connectivity index (χ3v) is 7.48. The number of benzene rings is 7. The summed E-state index contributed by atoms with van der Waals surface area (Å²) >= 11 is 0. The van der Waals surface area contributed by atoms with Crippen molar-refractivity contribution in [1.29, 1.82) is 0 Å². The molecule has 1 heterocycles. The van der Waals surface area contributed by atoms with Gasteiger partial charge in [0.05, 0.1) is 34.5 Å². The third-order valence-electron chi connectivity index (χ3n) is 7.48. The second kappa shape index (κ2) is 11.1. The van der Waals surface area contributed by atoms with E-state index >= 15 is 0 Å². The highest BCUT2D eigenvalue weighted by Crippen LogP contribution is 2.42. The summed E-state index contributed by atoms with van der Waals surface area (Å²) in [5.41, 5.74) is 1.46. The summed E-state index contributed by atoms with van der Waals surface area (Å²) in [5.74, 6) is 0. The number of hydrogen-bond acceptors (Lipinski definition) is 1. The highest BCUT2D eigenvalue weighted by Gasteiger charge is 2.18. The quantitative estimate of drug-likeness (QED) is 0.191. The first-order valence-electron chi connectivity index (χ1n) is 20.5. The fourth-order valence-electron chi connectivity index (χ4n) is 5.55. The number of anilines is 3. The van der Waals surface area contributed by atoms with Crippen LogP contribution in [0.15, 0.2) is 182 Å². The standard InChI is InChI=1S/C42H30N2/c1-4-15-31(16-5-1)37-23-10-12-25-40(37)43(34-18-6-2-7-19-34)36-22-14-17-32(29-36)33-27-28-42-39(30-33)38-24-11-13-26-41(38)44(42)35-20-8-3-9-21-35/h1-30H/i2D,6D,7D,10D,12D,14D,17D,18D,19D,22D,23D,25D,29D. The van der Waals surface area contributed by atoms with Crippen molar-refractivity contribution in [1.82, 2.24) is 4.57 Å². The second-order valence-corrected chi connectivity index (χ2v) is 10.0. The van der Waals surface area contributed by atoms with Crippen LogP contribution < -0.4 is 4.90 Å². The van der Waals surface area contributed by atoms with Gasteiger partial charge in [-0.15, -0.1) is 0 Å². The fraction of sp³-hybridized carbons (Fsp3) is 0. The third kappa shape index (κ3) is 4.54. The largest absolute Gasteiger partial charge is 0.310 e. The second-order valence-electron chi connectivity index (χ2n) is 10.0. The Kier molecular flexibility index (Phi) is 3.92. The zero-order chi connectivity index (χ0) is 40.6. The van der Waals surface area contributed by atoms with E-state index in [9.17, 15) is 4.11 Å². The molecule has 44 heavy (non-hydrogen) atoms. The summed E-state index contributed by atoms with van der Waals surface area (Å²) in [6, 6.07) is 22.2. The maximum Gasteiger partial charge on any atom is 0.0651 e. The summed E-state index contributed by atoms with van der Waals surface area (Å²) in [4.78, 5) is 0.909. The van der Waals surface area contributed by atoms with Crippen molar-refractivity contribution in [2.45, 2.75) is 0 Å².